The summed E-state index contributed by atoms with van der Waals surface area (Å²) in [5, 5.41) is 4.33. The van der Waals surface area contributed by atoms with E-state index in [0.717, 1.165) is 60.0 Å². The molecule has 6 nitrogen and oxygen atoms in total. The first-order valence-corrected chi connectivity index (χ1v) is 12.7. The van der Waals surface area contributed by atoms with Crippen LogP contribution in [0.5, 0.6) is 5.75 Å². The molecule has 0 bridgehead atoms. The zero-order chi connectivity index (χ0) is 24.9. The van der Waals surface area contributed by atoms with Gasteiger partial charge in [-0.05, 0) is 56.3 Å². The van der Waals surface area contributed by atoms with Crippen molar-refractivity contribution in [3.63, 3.8) is 0 Å². The van der Waals surface area contributed by atoms with E-state index in [1.165, 1.54) is 11.1 Å². The van der Waals surface area contributed by atoms with Gasteiger partial charge in [-0.2, -0.15) is 0 Å². The summed E-state index contributed by atoms with van der Waals surface area (Å²) < 4.78 is 11.7. The van der Waals surface area contributed by atoms with Crippen LogP contribution in [0, 0.1) is 0 Å². The van der Waals surface area contributed by atoms with Crippen molar-refractivity contribution in [3.8, 4) is 17.0 Å². The lowest BCUT2D eigenvalue weighted by Gasteiger charge is -2.25. The summed E-state index contributed by atoms with van der Waals surface area (Å²) in [6.07, 6.45) is 2.42. The molecule has 0 saturated carbocycles. The first-order chi connectivity index (χ1) is 16.9. The lowest BCUT2D eigenvalue weighted by atomic mass is 10.1. The van der Waals surface area contributed by atoms with Crippen LogP contribution >= 0.6 is 11.6 Å². The van der Waals surface area contributed by atoms with E-state index in [9.17, 15) is 0 Å². The van der Waals surface area contributed by atoms with E-state index in [2.05, 4.69) is 62.4 Å². The van der Waals surface area contributed by atoms with Crippen molar-refractivity contribution in [1.82, 2.24) is 14.9 Å². The molecule has 7 heteroatoms. The Morgan fingerprint density at radius 2 is 1.83 bits per heavy atom. The van der Waals surface area contributed by atoms with E-state index < -0.39 is 0 Å². The van der Waals surface area contributed by atoms with E-state index in [-0.39, 0.29) is 12.1 Å². The number of benzene rings is 2. The molecule has 2 aromatic carbocycles. The van der Waals surface area contributed by atoms with Gasteiger partial charge in [0.15, 0.2) is 0 Å². The van der Waals surface area contributed by atoms with E-state index in [1.54, 1.807) is 7.11 Å². The smallest absolute Gasteiger partial charge is 0.148 e. The van der Waals surface area contributed by atoms with Gasteiger partial charge < -0.3 is 19.7 Å². The number of aryl methyl sites for hydroxylation is 2. The third-order valence-electron chi connectivity index (χ3n) is 6.49. The molecule has 3 aromatic rings. The third-order valence-corrected chi connectivity index (χ3v) is 6.80. The Bertz CT molecular complexity index is 1170. The van der Waals surface area contributed by atoms with Gasteiger partial charge in [0.25, 0.3) is 0 Å². The summed E-state index contributed by atoms with van der Waals surface area (Å²) in [7, 11) is 5.76. The Kier molecular flexibility index (Phi) is 8.26. The fourth-order valence-electron chi connectivity index (χ4n) is 4.56. The summed E-state index contributed by atoms with van der Waals surface area (Å²) in [5.41, 5.74) is 6.12. The van der Waals surface area contributed by atoms with Crippen LogP contribution in [0.15, 0.2) is 42.5 Å². The van der Waals surface area contributed by atoms with Crippen molar-refractivity contribution in [2.24, 2.45) is 0 Å². The fourth-order valence-corrected chi connectivity index (χ4v) is 4.82. The molecule has 0 amide bonds. The van der Waals surface area contributed by atoms with Crippen LogP contribution in [0.25, 0.3) is 11.3 Å². The van der Waals surface area contributed by atoms with Gasteiger partial charge in [-0.1, -0.05) is 49.7 Å². The molecule has 0 unspecified atom stereocenters. The third kappa shape index (κ3) is 5.61. The summed E-state index contributed by atoms with van der Waals surface area (Å²) in [4.78, 5) is 12.3. The van der Waals surface area contributed by atoms with Crippen LogP contribution in [0.4, 0.5) is 5.82 Å². The summed E-state index contributed by atoms with van der Waals surface area (Å²) >= 11 is 6.61. The van der Waals surface area contributed by atoms with Gasteiger partial charge in [0.2, 0.25) is 0 Å². The zero-order valence-corrected chi connectivity index (χ0v) is 22.0. The zero-order valence-electron chi connectivity index (χ0n) is 21.3. The number of rotatable bonds is 10. The van der Waals surface area contributed by atoms with Gasteiger partial charge >= 0.3 is 0 Å². The maximum absolute atomic E-state index is 6.61. The number of halogens is 1. The highest BCUT2D eigenvalue weighted by molar-refractivity contribution is 6.33. The lowest BCUT2D eigenvalue weighted by molar-refractivity contribution is 0.0393. The molecule has 1 aliphatic carbocycles. The van der Waals surface area contributed by atoms with E-state index in [1.807, 2.05) is 18.2 Å². The van der Waals surface area contributed by atoms with Crippen LogP contribution in [-0.4, -0.2) is 55.3 Å². The van der Waals surface area contributed by atoms with Crippen LogP contribution in [0.1, 0.15) is 42.4 Å². The number of fused-ring (bicyclic) bond motifs is 1. The number of anilines is 1. The minimum absolute atomic E-state index is 0.0214. The van der Waals surface area contributed by atoms with Crippen molar-refractivity contribution < 1.29 is 9.47 Å². The van der Waals surface area contributed by atoms with Gasteiger partial charge in [-0.3, -0.25) is 0 Å². The van der Waals surface area contributed by atoms with Crippen molar-refractivity contribution >= 4 is 17.4 Å². The molecule has 1 aromatic heterocycles. The molecule has 4 rings (SSSR count). The first kappa shape index (κ1) is 25.4. The SMILES string of the molecule is CCc1nc(-c2ccc(OC)cc2Cl)c(CC)nc1N[C@@H]1c2ccccc2C[C@@H]1OCCN(C)C. The molecule has 0 saturated heterocycles. The fraction of sp³-hybridized carbons (Fsp3) is 0.429. The van der Waals surface area contributed by atoms with Gasteiger partial charge in [-0.25, -0.2) is 9.97 Å². The molecule has 2 atom stereocenters. The van der Waals surface area contributed by atoms with Gasteiger partial charge in [0, 0.05) is 18.5 Å². The normalized spacial score (nSPS) is 17.0. The molecule has 35 heavy (non-hydrogen) atoms. The van der Waals surface area contributed by atoms with Gasteiger partial charge in [-0.15, -0.1) is 0 Å². The highest BCUT2D eigenvalue weighted by Crippen LogP contribution is 2.38. The number of hydrogen-bond acceptors (Lipinski definition) is 6. The maximum atomic E-state index is 6.61. The second-order valence-electron chi connectivity index (χ2n) is 9.10. The summed E-state index contributed by atoms with van der Waals surface area (Å²) in [6, 6.07) is 14.3. The van der Waals surface area contributed by atoms with Crippen molar-refractivity contribution in [3.05, 3.63) is 70.0 Å². The Hall–Kier alpha value is -2.67. The average Bonchev–Trinajstić information content (AvgIpc) is 3.20. The molecule has 0 aliphatic heterocycles. The number of nitrogens with one attached hydrogen (secondary N) is 1. The molecule has 1 N–H and O–H groups in total. The number of hydrogen-bond donors (Lipinski definition) is 1. The quantitative estimate of drug-likeness (QED) is 0.396. The highest BCUT2D eigenvalue weighted by atomic mass is 35.5. The lowest BCUT2D eigenvalue weighted by Crippen LogP contribution is -2.29. The van der Waals surface area contributed by atoms with Crippen LogP contribution in [0.2, 0.25) is 5.02 Å². The Labute approximate surface area is 213 Å². The van der Waals surface area contributed by atoms with E-state index in [4.69, 9.17) is 31.0 Å². The van der Waals surface area contributed by atoms with Gasteiger partial charge in [0.1, 0.15) is 11.6 Å². The predicted molar refractivity (Wildman–Crippen MR) is 143 cm³/mol. The van der Waals surface area contributed by atoms with Crippen LogP contribution in [0.3, 0.4) is 0 Å². The molecule has 0 fully saturated rings. The monoisotopic (exact) mass is 494 g/mol. The Morgan fingerprint density at radius 3 is 2.51 bits per heavy atom. The summed E-state index contributed by atoms with van der Waals surface area (Å²) in [6.45, 7) is 5.77. The van der Waals surface area contributed by atoms with E-state index >= 15 is 0 Å². The standard InChI is InChI=1S/C28H35ClN4O2/c1-6-23-26(21-13-12-19(34-5)17-22(21)29)30-24(7-2)28(31-23)32-27-20-11-9-8-10-18(20)16-25(27)35-15-14-33(3)4/h8-13,17,25,27H,6-7,14-16H2,1-5H3,(H,31,32)/t25-,27+/m0/s1. The number of ether oxygens (including phenoxy) is 2. The molecule has 186 valence electrons. The number of aromatic nitrogens is 2. The molecule has 1 aliphatic rings. The Balaban J connectivity index is 1.68. The topological polar surface area (TPSA) is 59.5 Å². The Morgan fingerprint density at radius 1 is 1.06 bits per heavy atom. The van der Waals surface area contributed by atoms with Crippen LogP contribution < -0.4 is 10.1 Å². The first-order valence-electron chi connectivity index (χ1n) is 12.3. The van der Waals surface area contributed by atoms with Crippen molar-refractivity contribution in [2.75, 3.05) is 39.7 Å². The maximum Gasteiger partial charge on any atom is 0.148 e. The second-order valence-corrected chi connectivity index (χ2v) is 9.51. The van der Waals surface area contributed by atoms with Crippen molar-refractivity contribution in [1.29, 1.82) is 0 Å². The molecule has 0 spiro atoms. The average molecular weight is 495 g/mol. The number of likely N-dealkylation sites (N-methyl/N-ethyl adjacent to an activating group) is 1. The predicted octanol–water partition coefficient (Wildman–Crippen LogP) is 5.59. The molecular formula is C28H35ClN4O2. The van der Waals surface area contributed by atoms with Crippen LogP contribution in [-0.2, 0) is 24.0 Å². The minimum atomic E-state index is 0.0214. The second kappa shape index (κ2) is 11.4. The van der Waals surface area contributed by atoms with E-state index in [0.29, 0.717) is 11.6 Å². The minimum Gasteiger partial charge on any atom is -0.497 e. The molecule has 0 radical (unpaired) electrons. The van der Waals surface area contributed by atoms with Gasteiger partial charge in [0.05, 0.1) is 48.0 Å². The molecular weight excluding hydrogens is 460 g/mol. The molecule has 1 heterocycles. The highest BCUT2D eigenvalue weighted by Gasteiger charge is 2.34. The summed E-state index contributed by atoms with van der Waals surface area (Å²) in [5.74, 6) is 1.54. The van der Waals surface area contributed by atoms with Crippen molar-refractivity contribution in [2.45, 2.75) is 45.3 Å². The number of methoxy groups -OCH3 is 1. The number of nitrogens with zero attached hydrogens (tertiary/aromatic N) is 3. The largest absolute Gasteiger partial charge is 0.497 e.